The Labute approximate surface area is 186 Å². The highest BCUT2D eigenvalue weighted by atomic mass is 16.5. The number of hydrogen-bond donors (Lipinski definition) is 1. The Morgan fingerprint density at radius 2 is 1.87 bits per heavy atom. The molecular formula is C25H38N4O2. The normalized spacial score (nSPS) is 22.7. The van der Waals surface area contributed by atoms with Gasteiger partial charge in [0.1, 0.15) is 5.75 Å². The van der Waals surface area contributed by atoms with E-state index in [0.717, 1.165) is 42.5 Å². The number of fused-ring (bicyclic) bond motifs is 1. The Morgan fingerprint density at radius 1 is 1.13 bits per heavy atom. The second-order valence-corrected chi connectivity index (χ2v) is 9.51. The van der Waals surface area contributed by atoms with E-state index in [9.17, 15) is 4.79 Å². The first-order valence-corrected chi connectivity index (χ1v) is 11.9. The van der Waals surface area contributed by atoms with Gasteiger partial charge in [-0.25, -0.2) is 4.79 Å². The molecule has 0 bridgehead atoms. The highest BCUT2D eigenvalue weighted by Crippen LogP contribution is 2.28. The highest BCUT2D eigenvalue weighted by molar-refractivity contribution is 5.94. The van der Waals surface area contributed by atoms with Gasteiger partial charge in [-0.05, 0) is 95.9 Å². The van der Waals surface area contributed by atoms with Crippen molar-refractivity contribution in [2.75, 3.05) is 40.8 Å². The van der Waals surface area contributed by atoms with Crippen molar-refractivity contribution < 1.29 is 9.53 Å². The summed E-state index contributed by atoms with van der Waals surface area (Å²) in [7, 11) is 5.84. The van der Waals surface area contributed by atoms with Crippen molar-refractivity contribution in [3.63, 3.8) is 0 Å². The van der Waals surface area contributed by atoms with E-state index in [2.05, 4.69) is 29.2 Å². The van der Waals surface area contributed by atoms with Gasteiger partial charge in [-0.15, -0.1) is 0 Å². The fourth-order valence-corrected chi connectivity index (χ4v) is 5.23. The van der Waals surface area contributed by atoms with E-state index in [1.165, 1.54) is 50.8 Å². The molecule has 2 heterocycles. The van der Waals surface area contributed by atoms with E-state index in [1.54, 1.807) is 11.7 Å². The lowest BCUT2D eigenvalue weighted by molar-refractivity contribution is 0.121. The molecule has 31 heavy (non-hydrogen) atoms. The molecule has 1 aliphatic carbocycles. The number of ether oxygens (including phenoxy) is 1. The van der Waals surface area contributed by atoms with E-state index in [1.807, 2.05) is 24.4 Å². The molecular weight excluding hydrogens is 388 g/mol. The van der Waals surface area contributed by atoms with E-state index in [-0.39, 0.29) is 12.1 Å². The third-order valence-electron chi connectivity index (χ3n) is 7.07. The number of nitrogens with one attached hydrogen (secondary N) is 1. The monoisotopic (exact) mass is 426 g/mol. The molecule has 1 N–H and O–H groups in total. The number of carbonyl (C=O) groups is 1. The van der Waals surface area contributed by atoms with Crippen LogP contribution >= 0.6 is 0 Å². The zero-order chi connectivity index (χ0) is 21.8. The van der Waals surface area contributed by atoms with Gasteiger partial charge in [0.15, 0.2) is 0 Å². The number of amides is 1. The molecule has 1 saturated heterocycles. The summed E-state index contributed by atoms with van der Waals surface area (Å²) >= 11 is 0. The molecule has 1 amide bonds. The van der Waals surface area contributed by atoms with Gasteiger partial charge >= 0.3 is 6.03 Å². The van der Waals surface area contributed by atoms with Crippen molar-refractivity contribution in [2.45, 2.75) is 63.5 Å². The quantitative estimate of drug-likeness (QED) is 0.755. The number of benzene rings is 1. The molecule has 4 rings (SSSR count). The number of likely N-dealkylation sites (N-methyl/N-ethyl adjacent to an activating group) is 1. The average Bonchev–Trinajstić information content (AvgIpc) is 3.16. The number of carbonyl (C=O) groups excluding carboxylic acids is 1. The average molecular weight is 427 g/mol. The summed E-state index contributed by atoms with van der Waals surface area (Å²) in [5.74, 6) is 0.827. The molecule has 170 valence electrons. The Balaban J connectivity index is 1.43. The van der Waals surface area contributed by atoms with E-state index < -0.39 is 0 Å². The Bertz CT molecular complexity index is 877. The van der Waals surface area contributed by atoms with Crippen molar-refractivity contribution in [1.82, 2.24) is 19.7 Å². The molecule has 0 radical (unpaired) electrons. The van der Waals surface area contributed by atoms with Gasteiger partial charge < -0.3 is 19.9 Å². The first-order chi connectivity index (χ1) is 15.0. The smallest absolute Gasteiger partial charge is 0.326 e. The van der Waals surface area contributed by atoms with Crippen LogP contribution in [0.15, 0.2) is 24.4 Å². The van der Waals surface area contributed by atoms with Crippen molar-refractivity contribution in [1.29, 1.82) is 0 Å². The minimum absolute atomic E-state index is 0.00677. The molecule has 2 aliphatic rings. The van der Waals surface area contributed by atoms with E-state index in [0.29, 0.717) is 6.04 Å². The molecule has 6 heteroatoms. The lowest BCUT2D eigenvalue weighted by atomic mass is 9.89. The number of hydrogen-bond acceptors (Lipinski definition) is 4. The molecule has 1 aromatic carbocycles. The first kappa shape index (κ1) is 22.2. The summed E-state index contributed by atoms with van der Waals surface area (Å²) in [6.07, 6.45) is 11.5. The van der Waals surface area contributed by atoms with E-state index >= 15 is 0 Å². The van der Waals surface area contributed by atoms with Crippen LogP contribution in [0.2, 0.25) is 0 Å². The lowest BCUT2D eigenvalue weighted by Crippen LogP contribution is -2.46. The van der Waals surface area contributed by atoms with Crippen LogP contribution in [-0.2, 0) is 6.42 Å². The van der Waals surface area contributed by atoms with Gasteiger partial charge in [-0.3, -0.25) is 4.57 Å². The van der Waals surface area contributed by atoms with Gasteiger partial charge in [0.05, 0.1) is 12.6 Å². The number of piperidine rings is 1. The molecule has 0 atom stereocenters. The van der Waals surface area contributed by atoms with Gasteiger partial charge in [0.25, 0.3) is 0 Å². The fraction of sp³-hybridized carbons (Fsp3) is 0.640. The highest BCUT2D eigenvalue weighted by Gasteiger charge is 2.28. The molecule has 1 aliphatic heterocycles. The summed E-state index contributed by atoms with van der Waals surface area (Å²) in [6.45, 7) is 3.46. The van der Waals surface area contributed by atoms with Crippen LogP contribution in [0, 0.1) is 0 Å². The third kappa shape index (κ3) is 5.24. The minimum atomic E-state index is -0.00677. The number of likely N-dealkylation sites (tertiary alicyclic amines) is 1. The molecule has 6 nitrogen and oxygen atoms in total. The van der Waals surface area contributed by atoms with E-state index in [4.69, 9.17) is 4.74 Å². The maximum atomic E-state index is 13.2. The summed E-state index contributed by atoms with van der Waals surface area (Å²) in [6, 6.07) is 6.97. The zero-order valence-electron chi connectivity index (χ0n) is 19.4. The number of methoxy groups -OCH3 is 1. The fourth-order valence-electron chi connectivity index (χ4n) is 5.23. The lowest BCUT2D eigenvalue weighted by Gasteiger charge is -2.39. The largest absolute Gasteiger partial charge is 0.497 e. The summed E-state index contributed by atoms with van der Waals surface area (Å²) in [4.78, 5) is 18.1. The molecule has 1 aromatic heterocycles. The van der Waals surface area contributed by atoms with Gasteiger partial charge in [0.2, 0.25) is 0 Å². The molecule has 2 fully saturated rings. The van der Waals surface area contributed by atoms with Crippen molar-refractivity contribution in [2.24, 2.45) is 0 Å². The van der Waals surface area contributed by atoms with Crippen LogP contribution in [0.25, 0.3) is 10.9 Å². The SMILES string of the molecule is COc1ccc2c(c1)c(CCN(C)C)cn2C(=O)NC1CCC(N2CCCCC2)CC1. The molecule has 0 unspecified atom stereocenters. The Morgan fingerprint density at radius 3 is 2.55 bits per heavy atom. The second kappa shape index (κ2) is 10.0. The van der Waals surface area contributed by atoms with Gasteiger partial charge in [-0.1, -0.05) is 6.42 Å². The topological polar surface area (TPSA) is 49.7 Å². The Hall–Kier alpha value is -2.05. The summed E-state index contributed by atoms with van der Waals surface area (Å²) in [5.41, 5.74) is 2.14. The minimum Gasteiger partial charge on any atom is -0.497 e. The molecule has 2 aromatic rings. The van der Waals surface area contributed by atoms with Crippen LogP contribution < -0.4 is 10.1 Å². The van der Waals surface area contributed by atoms with Crippen molar-refractivity contribution in [3.8, 4) is 5.75 Å². The number of rotatable bonds is 6. The summed E-state index contributed by atoms with van der Waals surface area (Å²) < 4.78 is 7.23. The summed E-state index contributed by atoms with van der Waals surface area (Å²) in [5, 5.41) is 4.42. The van der Waals surface area contributed by atoms with Crippen LogP contribution in [0.3, 0.4) is 0 Å². The van der Waals surface area contributed by atoms with Gasteiger partial charge in [-0.2, -0.15) is 0 Å². The maximum absolute atomic E-state index is 13.2. The number of aromatic nitrogens is 1. The predicted molar refractivity (Wildman–Crippen MR) is 126 cm³/mol. The van der Waals surface area contributed by atoms with Crippen LogP contribution in [0.1, 0.15) is 50.5 Å². The van der Waals surface area contributed by atoms with Crippen LogP contribution in [-0.4, -0.2) is 73.3 Å². The molecule has 1 saturated carbocycles. The second-order valence-electron chi connectivity index (χ2n) is 9.51. The maximum Gasteiger partial charge on any atom is 0.326 e. The third-order valence-corrected chi connectivity index (χ3v) is 7.07. The zero-order valence-corrected chi connectivity index (χ0v) is 19.4. The van der Waals surface area contributed by atoms with Crippen molar-refractivity contribution >= 4 is 16.9 Å². The predicted octanol–water partition coefficient (Wildman–Crippen LogP) is 4.11. The Kier molecular flexibility index (Phi) is 7.18. The van der Waals surface area contributed by atoms with Gasteiger partial charge in [0, 0.05) is 30.2 Å². The first-order valence-electron chi connectivity index (χ1n) is 11.9. The standard InChI is InChI=1S/C25H38N4O2/c1-27(2)16-13-19-18-29(24-12-11-22(31-3)17-23(19)24)25(30)26-20-7-9-21(10-8-20)28-14-5-4-6-15-28/h11-12,17-18,20-21H,4-10,13-16H2,1-3H3,(H,26,30). The van der Waals surface area contributed by atoms with Crippen LogP contribution in [0.4, 0.5) is 4.79 Å². The number of nitrogens with zero attached hydrogens (tertiary/aromatic N) is 3. The van der Waals surface area contributed by atoms with Crippen LogP contribution in [0.5, 0.6) is 5.75 Å². The van der Waals surface area contributed by atoms with Crippen molar-refractivity contribution in [3.05, 3.63) is 30.0 Å². The molecule has 0 spiro atoms.